The van der Waals surface area contributed by atoms with Crippen LogP contribution in [0.3, 0.4) is 0 Å². The number of rotatable bonds is 1. The molecule has 0 saturated heterocycles. The lowest BCUT2D eigenvalue weighted by Gasteiger charge is -1.88. The van der Waals surface area contributed by atoms with E-state index in [4.69, 9.17) is 16.0 Å². The predicted molar refractivity (Wildman–Crippen MR) is 33.0 cm³/mol. The molecule has 7 heteroatoms. The summed E-state index contributed by atoms with van der Waals surface area (Å²) < 4.78 is 27.8. The van der Waals surface area contributed by atoms with Gasteiger partial charge in [0.1, 0.15) is 0 Å². The molecule has 0 radical (unpaired) electrons. The van der Waals surface area contributed by atoms with Crippen LogP contribution in [0.2, 0.25) is 0 Å². The van der Waals surface area contributed by atoms with Gasteiger partial charge in [0.05, 0.1) is 5.82 Å². The molecule has 0 bridgehead atoms. The fraction of sp³-hybridized carbons (Fsp3) is 0. The van der Waals surface area contributed by atoms with E-state index in [0.29, 0.717) is 6.08 Å². The summed E-state index contributed by atoms with van der Waals surface area (Å²) in [6, 6.07) is 0. The monoisotopic (exact) mass is 166 g/mol. The van der Waals surface area contributed by atoms with Crippen molar-refractivity contribution in [3.05, 3.63) is 11.9 Å². The minimum Gasteiger partial charge on any atom is -0.386 e. The lowest BCUT2D eigenvalue weighted by atomic mass is 10.6. The standard InChI is InChI=1S/C3H6N2O4S/c4-2(5)1-3(6)10(7,8)9/h1H,4-5H2,(H,7,8,9). The van der Waals surface area contributed by atoms with Gasteiger partial charge in [-0.05, 0) is 0 Å². The SMILES string of the molecule is NC(N)=CC(=O)S(=O)(=O)O. The maximum atomic E-state index is 10.2. The molecule has 0 heterocycles. The first kappa shape index (κ1) is 8.92. The summed E-state index contributed by atoms with van der Waals surface area (Å²) in [5.74, 6) is -0.470. The third-order valence-corrected chi connectivity index (χ3v) is 1.17. The molecule has 0 aromatic rings. The van der Waals surface area contributed by atoms with Crippen molar-refractivity contribution in [3.8, 4) is 0 Å². The Morgan fingerprint density at radius 2 is 1.80 bits per heavy atom. The topological polar surface area (TPSA) is 123 Å². The molecule has 0 aliphatic rings. The molecule has 0 unspecified atom stereocenters. The number of carbonyl (C=O) groups is 1. The molecule has 6 nitrogen and oxygen atoms in total. The van der Waals surface area contributed by atoms with Crippen molar-refractivity contribution in [1.29, 1.82) is 0 Å². The Hall–Kier alpha value is -1.08. The first-order valence-electron chi connectivity index (χ1n) is 2.08. The van der Waals surface area contributed by atoms with Gasteiger partial charge in [0.25, 0.3) is 5.12 Å². The summed E-state index contributed by atoms with van der Waals surface area (Å²) in [5, 5.41) is -1.52. The molecule has 10 heavy (non-hydrogen) atoms. The molecule has 0 aromatic carbocycles. The van der Waals surface area contributed by atoms with E-state index in [9.17, 15) is 13.2 Å². The van der Waals surface area contributed by atoms with Crippen molar-refractivity contribution >= 4 is 15.2 Å². The van der Waals surface area contributed by atoms with Crippen LogP contribution in [0.25, 0.3) is 0 Å². The number of hydrogen-bond donors (Lipinski definition) is 3. The van der Waals surface area contributed by atoms with Crippen molar-refractivity contribution in [2.45, 2.75) is 0 Å². The minimum absolute atomic E-state index is 0.412. The van der Waals surface area contributed by atoms with Crippen molar-refractivity contribution < 1.29 is 17.8 Å². The Balaban J connectivity index is 4.60. The van der Waals surface area contributed by atoms with Crippen molar-refractivity contribution in [3.63, 3.8) is 0 Å². The second-order valence-corrected chi connectivity index (χ2v) is 2.79. The molecule has 0 amide bonds. The van der Waals surface area contributed by atoms with Crippen molar-refractivity contribution in [2.75, 3.05) is 0 Å². The largest absolute Gasteiger partial charge is 0.386 e. The lowest BCUT2D eigenvalue weighted by molar-refractivity contribution is -0.108. The number of nitrogens with two attached hydrogens (primary N) is 2. The van der Waals surface area contributed by atoms with Crippen LogP contribution in [-0.2, 0) is 14.9 Å². The normalized spacial score (nSPS) is 10.5. The minimum atomic E-state index is -4.67. The van der Waals surface area contributed by atoms with Gasteiger partial charge in [-0.1, -0.05) is 0 Å². The molecular formula is C3H6N2O4S. The molecule has 0 aliphatic heterocycles. The Morgan fingerprint density at radius 3 is 1.90 bits per heavy atom. The van der Waals surface area contributed by atoms with Crippen LogP contribution in [0.15, 0.2) is 11.9 Å². The van der Waals surface area contributed by atoms with Crippen LogP contribution in [0.1, 0.15) is 0 Å². The third kappa shape index (κ3) is 3.05. The van der Waals surface area contributed by atoms with Gasteiger partial charge in [0, 0.05) is 6.08 Å². The third-order valence-electron chi connectivity index (χ3n) is 0.539. The van der Waals surface area contributed by atoms with Gasteiger partial charge in [-0.3, -0.25) is 9.35 Å². The highest BCUT2D eigenvalue weighted by Gasteiger charge is 2.14. The lowest BCUT2D eigenvalue weighted by Crippen LogP contribution is -2.16. The van der Waals surface area contributed by atoms with E-state index in [1.165, 1.54) is 0 Å². The zero-order chi connectivity index (χ0) is 8.36. The zero-order valence-corrected chi connectivity index (χ0v) is 5.63. The van der Waals surface area contributed by atoms with E-state index >= 15 is 0 Å². The summed E-state index contributed by atoms with van der Waals surface area (Å²) in [5.41, 5.74) is 9.46. The zero-order valence-electron chi connectivity index (χ0n) is 4.81. The summed E-state index contributed by atoms with van der Waals surface area (Å²) in [4.78, 5) is 10.2. The van der Waals surface area contributed by atoms with Crippen LogP contribution >= 0.6 is 0 Å². The van der Waals surface area contributed by atoms with Gasteiger partial charge >= 0.3 is 10.1 Å². The van der Waals surface area contributed by atoms with Crippen LogP contribution in [0.4, 0.5) is 0 Å². The molecule has 5 N–H and O–H groups in total. The molecule has 0 saturated carbocycles. The first-order valence-corrected chi connectivity index (χ1v) is 3.52. The van der Waals surface area contributed by atoms with E-state index in [0.717, 1.165) is 0 Å². The number of hydrogen-bond acceptors (Lipinski definition) is 5. The first-order chi connectivity index (χ1) is 4.34. The second-order valence-electron chi connectivity index (χ2n) is 1.44. The molecule has 0 spiro atoms. The highest BCUT2D eigenvalue weighted by atomic mass is 32.2. The predicted octanol–water partition coefficient (Wildman–Crippen LogP) is -1.84. The van der Waals surface area contributed by atoms with E-state index in [2.05, 4.69) is 0 Å². The summed E-state index contributed by atoms with van der Waals surface area (Å²) in [6.45, 7) is 0. The van der Waals surface area contributed by atoms with Crippen LogP contribution in [-0.4, -0.2) is 18.1 Å². The number of carbonyl (C=O) groups excluding carboxylic acids is 1. The van der Waals surface area contributed by atoms with Gasteiger partial charge in [-0.25, -0.2) is 0 Å². The van der Waals surface area contributed by atoms with Crippen molar-refractivity contribution in [1.82, 2.24) is 0 Å². The maximum Gasteiger partial charge on any atom is 0.333 e. The molecule has 0 aliphatic carbocycles. The quantitative estimate of drug-likeness (QED) is 0.310. The van der Waals surface area contributed by atoms with Gasteiger partial charge in [-0.2, -0.15) is 8.42 Å². The van der Waals surface area contributed by atoms with Gasteiger partial charge in [0.15, 0.2) is 0 Å². The summed E-state index contributed by atoms with van der Waals surface area (Å²) in [6.07, 6.45) is 0.412. The fourth-order valence-electron chi connectivity index (χ4n) is 0.211. The second kappa shape index (κ2) is 2.67. The van der Waals surface area contributed by atoms with E-state index < -0.39 is 21.1 Å². The molecule has 0 fully saturated rings. The summed E-state index contributed by atoms with van der Waals surface area (Å²) in [7, 11) is -4.67. The highest BCUT2D eigenvalue weighted by Crippen LogP contribution is 1.86. The Labute approximate surface area is 57.2 Å². The Kier molecular flexibility index (Phi) is 2.38. The maximum absolute atomic E-state index is 10.2. The summed E-state index contributed by atoms with van der Waals surface area (Å²) >= 11 is 0. The average Bonchev–Trinajstić information content (AvgIpc) is 1.60. The van der Waals surface area contributed by atoms with E-state index in [1.807, 2.05) is 0 Å². The van der Waals surface area contributed by atoms with Crippen LogP contribution < -0.4 is 11.5 Å². The molecule has 0 rings (SSSR count). The van der Waals surface area contributed by atoms with Gasteiger partial charge in [0.2, 0.25) is 0 Å². The highest BCUT2D eigenvalue weighted by molar-refractivity contribution is 8.01. The molecule has 58 valence electrons. The van der Waals surface area contributed by atoms with Gasteiger partial charge < -0.3 is 11.5 Å². The van der Waals surface area contributed by atoms with E-state index in [-0.39, 0.29) is 0 Å². The van der Waals surface area contributed by atoms with Crippen molar-refractivity contribution in [2.24, 2.45) is 11.5 Å². The Morgan fingerprint density at radius 1 is 1.40 bits per heavy atom. The van der Waals surface area contributed by atoms with E-state index in [1.54, 1.807) is 0 Å². The molecular weight excluding hydrogens is 160 g/mol. The Bertz CT molecular complexity index is 260. The smallest absolute Gasteiger partial charge is 0.333 e. The molecule has 0 aromatic heterocycles. The molecule has 0 atom stereocenters. The van der Waals surface area contributed by atoms with Crippen LogP contribution in [0.5, 0.6) is 0 Å². The fourth-order valence-corrected chi connectivity index (χ4v) is 0.496. The van der Waals surface area contributed by atoms with Gasteiger partial charge in [-0.15, -0.1) is 0 Å². The van der Waals surface area contributed by atoms with Crippen LogP contribution in [0, 0.1) is 0 Å². The average molecular weight is 166 g/mol.